The SMILES string of the molecule is CCCC[C@H](CC)C(=O)Nc1ccc(N2CCCC2)c(C(=O)N2CCCC2)c1. The third-order valence-electron chi connectivity index (χ3n) is 6.10. The maximum absolute atomic E-state index is 13.2. The second-order valence-electron chi connectivity index (χ2n) is 8.16. The zero-order valence-corrected chi connectivity index (χ0v) is 17.5. The van der Waals surface area contributed by atoms with Gasteiger partial charge in [0.1, 0.15) is 0 Å². The fraction of sp³-hybridized carbons (Fsp3) is 0.652. The molecule has 0 radical (unpaired) electrons. The number of nitrogens with one attached hydrogen (secondary N) is 1. The second-order valence-corrected chi connectivity index (χ2v) is 8.16. The van der Waals surface area contributed by atoms with Crippen molar-refractivity contribution in [3.05, 3.63) is 23.8 Å². The first kappa shape index (κ1) is 20.7. The molecule has 2 saturated heterocycles. The molecule has 1 aromatic carbocycles. The van der Waals surface area contributed by atoms with Crippen LogP contribution in [0.5, 0.6) is 0 Å². The normalized spacial score (nSPS) is 17.8. The zero-order chi connectivity index (χ0) is 19.9. The highest BCUT2D eigenvalue weighted by Crippen LogP contribution is 2.30. The molecule has 0 saturated carbocycles. The molecule has 5 nitrogen and oxygen atoms in total. The number of unbranched alkanes of at least 4 members (excludes halogenated alkanes) is 1. The Morgan fingerprint density at radius 3 is 2.36 bits per heavy atom. The quantitative estimate of drug-likeness (QED) is 0.707. The average molecular weight is 386 g/mol. The van der Waals surface area contributed by atoms with Gasteiger partial charge in [0.2, 0.25) is 5.91 Å². The molecule has 1 atom stereocenters. The molecular formula is C23H35N3O2. The molecule has 28 heavy (non-hydrogen) atoms. The third kappa shape index (κ3) is 4.86. The molecule has 0 bridgehead atoms. The molecular weight excluding hydrogens is 350 g/mol. The molecule has 154 valence electrons. The summed E-state index contributed by atoms with van der Waals surface area (Å²) >= 11 is 0. The molecule has 0 unspecified atom stereocenters. The number of anilines is 2. The van der Waals surface area contributed by atoms with Gasteiger partial charge in [-0.2, -0.15) is 0 Å². The van der Waals surface area contributed by atoms with E-state index in [-0.39, 0.29) is 17.7 Å². The van der Waals surface area contributed by atoms with Crippen LogP contribution in [0.4, 0.5) is 11.4 Å². The van der Waals surface area contributed by atoms with Gasteiger partial charge >= 0.3 is 0 Å². The van der Waals surface area contributed by atoms with E-state index in [0.29, 0.717) is 0 Å². The van der Waals surface area contributed by atoms with Gasteiger partial charge in [0, 0.05) is 43.5 Å². The van der Waals surface area contributed by atoms with Crippen LogP contribution in [0.25, 0.3) is 0 Å². The van der Waals surface area contributed by atoms with E-state index >= 15 is 0 Å². The molecule has 0 aromatic heterocycles. The predicted molar refractivity (Wildman–Crippen MR) is 115 cm³/mol. The summed E-state index contributed by atoms with van der Waals surface area (Å²) in [5.41, 5.74) is 2.50. The van der Waals surface area contributed by atoms with Crippen molar-refractivity contribution >= 4 is 23.2 Å². The van der Waals surface area contributed by atoms with Crippen LogP contribution in [0.15, 0.2) is 18.2 Å². The highest BCUT2D eigenvalue weighted by molar-refractivity contribution is 6.02. The summed E-state index contributed by atoms with van der Waals surface area (Å²) < 4.78 is 0. The summed E-state index contributed by atoms with van der Waals surface area (Å²) in [6, 6.07) is 5.88. The highest BCUT2D eigenvalue weighted by atomic mass is 16.2. The number of carbonyl (C=O) groups excluding carboxylic acids is 2. The van der Waals surface area contributed by atoms with Gasteiger partial charge in [0.05, 0.1) is 5.56 Å². The lowest BCUT2D eigenvalue weighted by Gasteiger charge is -2.25. The number of hydrogen-bond acceptors (Lipinski definition) is 3. The van der Waals surface area contributed by atoms with E-state index in [1.807, 2.05) is 23.1 Å². The van der Waals surface area contributed by atoms with E-state index < -0.39 is 0 Å². The summed E-state index contributed by atoms with van der Waals surface area (Å²) in [7, 11) is 0. The molecule has 0 spiro atoms. The van der Waals surface area contributed by atoms with Gasteiger partial charge in [-0.05, 0) is 56.7 Å². The fourth-order valence-corrected chi connectivity index (χ4v) is 4.32. The highest BCUT2D eigenvalue weighted by Gasteiger charge is 2.26. The number of amides is 2. The first-order chi connectivity index (χ1) is 13.6. The van der Waals surface area contributed by atoms with Gasteiger partial charge in [-0.1, -0.05) is 26.7 Å². The van der Waals surface area contributed by atoms with Crippen molar-refractivity contribution < 1.29 is 9.59 Å². The van der Waals surface area contributed by atoms with Crippen LogP contribution in [0.2, 0.25) is 0 Å². The lowest BCUT2D eigenvalue weighted by Crippen LogP contribution is -2.30. The van der Waals surface area contributed by atoms with Gasteiger partial charge < -0.3 is 15.1 Å². The molecule has 3 rings (SSSR count). The summed E-state index contributed by atoms with van der Waals surface area (Å²) in [5, 5.41) is 3.08. The molecule has 2 aliphatic rings. The molecule has 5 heteroatoms. The number of carbonyl (C=O) groups is 2. The summed E-state index contributed by atoms with van der Waals surface area (Å²) in [4.78, 5) is 30.2. The van der Waals surface area contributed by atoms with Crippen LogP contribution in [-0.4, -0.2) is 42.9 Å². The molecule has 1 aromatic rings. The van der Waals surface area contributed by atoms with Crippen molar-refractivity contribution in [2.45, 2.75) is 65.2 Å². The van der Waals surface area contributed by atoms with Crippen molar-refractivity contribution in [3.8, 4) is 0 Å². The van der Waals surface area contributed by atoms with E-state index in [0.717, 1.165) is 81.6 Å². The van der Waals surface area contributed by atoms with Crippen LogP contribution in [-0.2, 0) is 4.79 Å². The average Bonchev–Trinajstić information content (AvgIpc) is 3.42. The Kier molecular flexibility index (Phi) is 7.35. The van der Waals surface area contributed by atoms with Crippen LogP contribution < -0.4 is 10.2 Å². The van der Waals surface area contributed by atoms with Gasteiger partial charge in [-0.3, -0.25) is 9.59 Å². The first-order valence-corrected chi connectivity index (χ1v) is 11.1. The van der Waals surface area contributed by atoms with Crippen LogP contribution >= 0.6 is 0 Å². The standard InChI is InChI=1S/C23H35N3O2/c1-3-5-10-18(4-2)22(27)24-19-11-12-21(25-13-6-7-14-25)20(17-19)23(28)26-15-8-9-16-26/h11-12,17-18H,3-10,13-16H2,1-2H3,(H,24,27)/t18-/m0/s1. The van der Waals surface area contributed by atoms with E-state index in [4.69, 9.17) is 0 Å². The first-order valence-electron chi connectivity index (χ1n) is 11.1. The topological polar surface area (TPSA) is 52.7 Å². The summed E-state index contributed by atoms with van der Waals surface area (Å²) in [6.45, 7) is 7.89. The number of likely N-dealkylation sites (tertiary alicyclic amines) is 1. The van der Waals surface area contributed by atoms with Gasteiger partial charge in [0.25, 0.3) is 5.91 Å². The number of hydrogen-bond donors (Lipinski definition) is 1. The Morgan fingerprint density at radius 2 is 1.71 bits per heavy atom. The van der Waals surface area contributed by atoms with Crippen molar-refractivity contribution in [1.29, 1.82) is 0 Å². The molecule has 2 aliphatic heterocycles. The molecule has 2 fully saturated rings. The van der Waals surface area contributed by atoms with E-state index in [2.05, 4.69) is 24.1 Å². The molecule has 0 aliphatic carbocycles. The number of benzene rings is 1. The summed E-state index contributed by atoms with van der Waals surface area (Å²) in [6.07, 6.45) is 8.44. The Balaban J connectivity index is 1.81. The molecule has 1 N–H and O–H groups in total. The Hall–Kier alpha value is -2.04. The third-order valence-corrected chi connectivity index (χ3v) is 6.10. The van der Waals surface area contributed by atoms with E-state index in [1.165, 1.54) is 12.8 Å². The predicted octanol–water partition coefficient (Wildman–Crippen LogP) is 4.68. The van der Waals surface area contributed by atoms with Gasteiger partial charge in [0.15, 0.2) is 0 Å². The zero-order valence-electron chi connectivity index (χ0n) is 17.5. The summed E-state index contributed by atoms with van der Waals surface area (Å²) in [5.74, 6) is 0.217. The van der Waals surface area contributed by atoms with Gasteiger partial charge in [-0.15, -0.1) is 0 Å². The minimum Gasteiger partial charge on any atom is -0.371 e. The number of nitrogens with zero attached hydrogens (tertiary/aromatic N) is 2. The van der Waals surface area contributed by atoms with E-state index in [9.17, 15) is 9.59 Å². The minimum atomic E-state index is 0.0379. The lowest BCUT2D eigenvalue weighted by atomic mass is 9.98. The molecule has 2 amide bonds. The van der Waals surface area contributed by atoms with Crippen LogP contribution in [0.3, 0.4) is 0 Å². The maximum Gasteiger partial charge on any atom is 0.256 e. The lowest BCUT2D eigenvalue weighted by molar-refractivity contribution is -0.120. The largest absolute Gasteiger partial charge is 0.371 e. The minimum absolute atomic E-state index is 0.0379. The van der Waals surface area contributed by atoms with Crippen molar-refractivity contribution in [1.82, 2.24) is 4.90 Å². The van der Waals surface area contributed by atoms with Crippen molar-refractivity contribution in [2.24, 2.45) is 5.92 Å². The smallest absolute Gasteiger partial charge is 0.256 e. The fourth-order valence-electron chi connectivity index (χ4n) is 4.32. The van der Waals surface area contributed by atoms with Crippen LogP contribution in [0, 0.1) is 5.92 Å². The Morgan fingerprint density at radius 1 is 1.04 bits per heavy atom. The van der Waals surface area contributed by atoms with E-state index in [1.54, 1.807) is 0 Å². The second kappa shape index (κ2) is 9.94. The maximum atomic E-state index is 13.2. The van der Waals surface area contributed by atoms with Crippen LogP contribution in [0.1, 0.15) is 75.6 Å². The number of rotatable bonds is 8. The van der Waals surface area contributed by atoms with Crippen molar-refractivity contribution in [2.75, 3.05) is 36.4 Å². The monoisotopic (exact) mass is 385 g/mol. The Bertz CT molecular complexity index is 676. The van der Waals surface area contributed by atoms with Crippen molar-refractivity contribution in [3.63, 3.8) is 0 Å². The Labute approximate surface area is 169 Å². The van der Waals surface area contributed by atoms with Gasteiger partial charge in [-0.25, -0.2) is 0 Å². The molecule has 2 heterocycles.